The highest BCUT2D eigenvalue weighted by atomic mass is 35.5. The number of hydrogen-bond donors (Lipinski definition) is 0. The minimum Gasteiger partial charge on any atom is -0.338 e. The van der Waals surface area contributed by atoms with Crippen LogP contribution >= 0.6 is 11.6 Å². The van der Waals surface area contributed by atoms with E-state index < -0.39 is 0 Å². The van der Waals surface area contributed by atoms with Crippen LogP contribution < -0.4 is 4.90 Å². The number of hydrogen-bond acceptors (Lipinski definition) is 4. The van der Waals surface area contributed by atoms with E-state index in [1.165, 1.54) is 0 Å². The van der Waals surface area contributed by atoms with Crippen LogP contribution in [0.3, 0.4) is 0 Å². The van der Waals surface area contributed by atoms with Gasteiger partial charge in [-0.25, -0.2) is 9.97 Å². The molecule has 24 heavy (non-hydrogen) atoms. The second-order valence-corrected chi connectivity index (χ2v) is 6.85. The van der Waals surface area contributed by atoms with Gasteiger partial charge in [0, 0.05) is 43.6 Å². The van der Waals surface area contributed by atoms with Crippen molar-refractivity contribution < 1.29 is 4.79 Å². The minimum atomic E-state index is -0.323. The van der Waals surface area contributed by atoms with Crippen molar-refractivity contribution in [3.05, 3.63) is 53.3 Å². The molecule has 2 aromatic rings. The number of amides is 1. The third kappa shape index (κ3) is 2.73. The van der Waals surface area contributed by atoms with Crippen LogP contribution in [0.25, 0.3) is 0 Å². The maximum absolute atomic E-state index is 13.1. The van der Waals surface area contributed by atoms with Gasteiger partial charge < -0.3 is 9.80 Å². The van der Waals surface area contributed by atoms with E-state index in [1.54, 1.807) is 12.4 Å². The van der Waals surface area contributed by atoms with Crippen LogP contribution in [0.1, 0.15) is 18.4 Å². The van der Waals surface area contributed by atoms with E-state index in [1.807, 2.05) is 35.2 Å². The van der Waals surface area contributed by atoms with Crippen molar-refractivity contribution in [1.29, 1.82) is 0 Å². The molecule has 1 saturated carbocycles. The van der Waals surface area contributed by atoms with Gasteiger partial charge in [-0.1, -0.05) is 23.7 Å². The van der Waals surface area contributed by atoms with Crippen molar-refractivity contribution in [3.63, 3.8) is 0 Å². The first kappa shape index (κ1) is 15.4. The van der Waals surface area contributed by atoms with Crippen LogP contribution in [-0.4, -0.2) is 47.0 Å². The van der Waals surface area contributed by atoms with Gasteiger partial charge in [0.05, 0.1) is 5.41 Å². The number of carbonyl (C=O) groups excluding carboxylic acids is 1. The predicted octanol–water partition coefficient (Wildman–Crippen LogP) is 2.51. The lowest BCUT2D eigenvalue weighted by Crippen LogP contribution is -2.52. The van der Waals surface area contributed by atoms with E-state index in [4.69, 9.17) is 11.6 Å². The molecular weight excluding hydrogens is 324 g/mol. The molecule has 6 heteroatoms. The van der Waals surface area contributed by atoms with E-state index in [2.05, 4.69) is 14.9 Å². The Morgan fingerprint density at radius 3 is 2.21 bits per heavy atom. The molecule has 1 amide bonds. The first-order valence-corrected chi connectivity index (χ1v) is 8.64. The zero-order valence-corrected chi connectivity index (χ0v) is 14.1. The predicted molar refractivity (Wildman–Crippen MR) is 93.2 cm³/mol. The number of piperazine rings is 1. The average molecular weight is 343 g/mol. The standard InChI is InChI=1S/C18H19ClN4O/c19-15-4-2-14(3-5-15)18(6-7-18)16(24)22-10-12-23(13-11-22)17-20-8-1-9-21-17/h1-5,8-9H,6-7,10-13H2. The largest absolute Gasteiger partial charge is 0.338 e. The highest BCUT2D eigenvalue weighted by Crippen LogP contribution is 2.49. The van der Waals surface area contributed by atoms with Gasteiger partial charge in [-0.15, -0.1) is 0 Å². The Balaban J connectivity index is 1.44. The number of benzene rings is 1. The lowest BCUT2D eigenvalue weighted by Gasteiger charge is -2.36. The summed E-state index contributed by atoms with van der Waals surface area (Å²) in [6.45, 7) is 2.97. The Hall–Kier alpha value is -2.14. The Morgan fingerprint density at radius 2 is 1.62 bits per heavy atom. The molecule has 0 unspecified atom stereocenters. The summed E-state index contributed by atoms with van der Waals surface area (Å²) < 4.78 is 0. The molecular formula is C18H19ClN4O. The SMILES string of the molecule is O=C(N1CCN(c2ncccn2)CC1)C1(c2ccc(Cl)cc2)CC1. The number of rotatable bonds is 3. The van der Waals surface area contributed by atoms with Crippen LogP contribution in [-0.2, 0) is 10.2 Å². The lowest BCUT2D eigenvalue weighted by atomic mass is 9.94. The van der Waals surface area contributed by atoms with E-state index in [0.29, 0.717) is 18.1 Å². The summed E-state index contributed by atoms with van der Waals surface area (Å²) >= 11 is 5.97. The van der Waals surface area contributed by atoms with Crippen molar-refractivity contribution in [2.75, 3.05) is 31.1 Å². The molecule has 1 saturated heterocycles. The molecule has 0 atom stereocenters. The summed E-state index contributed by atoms with van der Waals surface area (Å²) in [5, 5.41) is 0.707. The van der Waals surface area contributed by atoms with Gasteiger partial charge in [0.15, 0.2) is 0 Å². The second-order valence-electron chi connectivity index (χ2n) is 6.42. The number of nitrogens with zero attached hydrogens (tertiary/aromatic N) is 4. The van der Waals surface area contributed by atoms with Gasteiger partial charge in [-0.3, -0.25) is 4.79 Å². The maximum Gasteiger partial charge on any atom is 0.233 e. The molecule has 1 aromatic heterocycles. The molecule has 2 fully saturated rings. The maximum atomic E-state index is 13.1. The van der Waals surface area contributed by atoms with E-state index in [-0.39, 0.29) is 11.3 Å². The average Bonchev–Trinajstić information content (AvgIpc) is 3.44. The summed E-state index contributed by atoms with van der Waals surface area (Å²) in [5.41, 5.74) is 0.765. The fourth-order valence-electron chi connectivity index (χ4n) is 3.39. The molecule has 2 heterocycles. The Morgan fingerprint density at radius 1 is 1.00 bits per heavy atom. The Labute approximate surface area is 146 Å². The normalized spacial score (nSPS) is 19.2. The number of halogens is 1. The highest BCUT2D eigenvalue weighted by Gasteiger charge is 2.53. The van der Waals surface area contributed by atoms with Crippen molar-refractivity contribution >= 4 is 23.5 Å². The molecule has 1 aliphatic heterocycles. The molecule has 0 N–H and O–H groups in total. The zero-order chi connectivity index (χ0) is 16.6. The first-order chi connectivity index (χ1) is 11.7. The van der Waals surface area contributed by atoms with Gasteiger partial charge in [0.25, 0.3) is 0 Å². The Bertz CT molecular complexity index is 722. The fourth-order valence-corrected chi connectivity index (χ4v) is 3.51. The second kappa shape index (κ2) is 6.06. The van der Waals surface area contributed by atoms with Crippen molar-refractivity contribution in [1.82, 2.24) is 14.9 Å². The van der Waals surface area contributed by atoms with Gasteiger partial charge in [-0.2, -0.15) is 0 Å². The number of aromatic nitrogens is 2. The minimum absolute atomic E-state index is 0.249. The molecule has 0 spiro atoms. The lowest BCUT2D eigenvalue weighted by molar-refractivity contribution is -0.134. The molecule has 2 aliphatic rings. The van der Waals surface area contributed by atoms with Gasteiger partial charge in [0.1, 0.15) is 0 Å². The monoisotopic (exact) mass is 342 g/mol. The molecule has 0 radical (unpaired) electrons. The van der Waals surface area contributed by atoms with E-state index in [0.717, 1.165) is 37.4 Å². The van der Waals surface area contributed by atoms with Crippen LogP contribution in [0.2, 0.25) is 5.02 Å². The van der Waals surface area contributed by atoms with Gasteiger partial charge >= 0.3 is 0 Å². The fraction of sp³-hybridized carbons (Fsp3) is 0.389. The number of anilines is 1. The molecule has 1 aromatic carbocycles. The van der Waals surface area contributed by atoms with Crippen LogP contribution in [0, 0.1) is 0 Å². The number of carbonyl (C=O) groups is 1. The zero-order valence-electron chi connectivity index (χ0n) is 13.4. The summed E-state index contributed by atoms with van der Waals surface area (Å²) in [7, 11) is 0. The van der Waals surface area contributed by atoms with Crippen LogP contribution in [0.5, 0.6) is 0 Å². The van der Waals surface area contributed by atoms with Crippen LogP contribution in [0.4, 0.5) is 5.95 Å². The van der Waals surface area contributed by atoms with E-state index in [9.17, 15) is 4.79 Å². The van der Waals surface area contributed by atoms with Gasteiger partial charge in [-0.05, 0) is 36.6 Å². The smallest absolute Gasteiger partial charge is 0.233 e. The van der Waals surface area contributed by atoms with Crippen molar-refractivity contribution in [2.45, 2.75) is 18.3 Å². The first-order valence-electron chi connectivity index (χ1n) is 8.26. The van der Waals surface area contributed by atoms with Crippen molar-refractivity contribution in [2.24, 2.45) is 0 Å². The van der Waals surface area contributed by atoms with Crippen molar-refractivity contribution in [3.8, 4) is 0 Å². The summed E-state index contributed by atoms with van der Waals surface area (Å²) in [6, 6.07) is 9.53. The van der Waals surface area contributed by atoms with Crippen LogP contribution in [0.15, 0.2) is 42.7 Å². The third-order valence-corrected chi connectivity index (χ3v) is 5.21. The molecule has 124 valence electrons. The molecule has 0 bridgehead atoms. The van der Waals surface area contributed by atoms with E-state index >= 15 is 0 Å². The summed E-state index contributed by atoms with van der Waals surface area (Å²) in [6.07, 6.45) is 5.35. The molecule has 1 aliphatic carbocycles. The Kier molecular flexibility index (Phi) is 3.88. The third-order valence-electron chi connectivity index (χ3n) is 4.96. The highest BCUT2D eigenvalue weighted by molar-refractivity contribution is 6.30. The van der Waals surface area contributed by atoms with Gasteiger partial charge in [0.2, 0.25) is 11.9 Å². The quantitative estimate of drug-likeness (QED) is 0.860. The molecule has 5 nitrogen and oxygen atoms in total. The summed E-state index contributed by atoms with van der Waals surface area (Å²) in [4.78, 5) is 25.7. The topological polar surface area (TPSA) is 49.3 Å². The summed E-state index contributed by atoms with van der Waals surface area (Å²) in [5.74, 6) is 0.988. The molecule has 4 rings (SSSR count).